The van der Waals surface area contributed by atoms with Crippen LogP contribution >= 0.6 is 11.6 Å². The summed E-state index contributed by atoms with van der Waals surface area (Å²) in [6.07, 6.45) is 3.10. The Kier molecular flexibility index (Phi) is 5.54. The standard InChI is InChI=1S/C22H25ClN2O4/c1-22(2,15-3-5-18-19(13-15)28-12-11-27-18)21(26)29-17-7-9-25(10-8-17)20-6-4-16(23)14-24-20/h3-6,13-14,17H,7-12H2,1-2H3. The summed E-state index contributed by atoms with van der Waals surface area (Å²) in [5.74, 6) is 2.07. The number of benzene rings is 1. The van der Waals surface area contributed by atoms with Gasteiger partial charge in [-0.05, 0) is 43.7 Å². The molecule has 1 aromatic heterocycles. The normalized spacial score (nSPS) is 17.1. The van der Waals surface area contributed by atoms with E-state index in [9.17, 15) is 4.79 Å². The van der Waals surface area contributed by atoms with Crippen LogP contribution in [0.4, 0.5) is 5.82 Å². The lowest BCUT2D eigenvalue weighted by molar-refractivity contribution is -0.155. The maximum atomic E-state index is 13.0. The monoisotopic (exact) mass is 416 g/mol. The van der Waals surface area contributed by atoms with Gasteiger partial charge in [-0.25, -0.2) is 4.98 Å². The van der Waals surface area contributed by atoms with Crippen molar-refractivity contribution in [3.63, 3.8) is 0 Å². The molecule has 0 spiro atoms. The minimum absolute atomic E-state index is 0.0949. The van der Waals surface area contributed by atoms with E-state index in [1.807, 2.05) is 44.2 Å². The van der Waals surface area contributed by atoms with E-state index in [0.717, 1.165) is 37.3 Å². The quantitative estimate of drug-likeness (QED) is 0.702. The molecule has 6 nitrogen and oxygen atoms in total. The summed E-state index contributed by atoms with van der Waals surface area (Å²) < 4.78 is 17.1. The van der Waals surface area contributed by atoms with Gasteiger partial charge in [0.25, 0.3) is 0 Å². The highest BCUT2D eigenvalue weighted by Crippen LogP contribution is 2.36. The van der Waals surface area contributed by atoms with E-state index >= 15 is 0 Å². The van der Waals surface area contributed by atoms with Crippen molar-refractivity contribution < 1.29 is 19.0 Å². The second kappa shape index (κ2) is 8.11. The maximum absolute atomic E-state index is 13.0. The third-order valence-electron chi connectivity index (χ3n) is 5.53. The number of aromatic nitrogens is 1. The molecule has 2 aliphatic heterocycles. The number of fused-ring (bicyclic) bond motifs is 1. The molecule has 29 heavy (non-hydrogen) atoms. The van der Waals surface area contributed by atoms with Gasteiger partial charge in [-0.2, -0.15) is 0 Å². The molecule has 154 valence electrons. The molecule has 1 fully saturated rings. The zero-order valence-electron chi connectivity index (χ0n) is 16.7. The van der Waals surface area contributed by atoms with E-state index in [-0.39, 0.29) is 12.1 Å². The number of nitrogens with zero attached hydrogens (tertiary/aromatic N) is 2. The Morgan fingerprint density at radius 2 is 1.86 bits per heavy atom. The molecular weight excluding hydrogens is 392 g/mol. The minimum atomic E-state index is -0.773. The average Bonchev–Trinajstić information content (AvgIpc) is 2.74. The highest BCUT2D eigenvalue weighted by molar-refractivity contribution is 6.30. The van der Waals surface area contributed by atoms with E-state index in [1.165, 1.54) is 0 Å². The van der Waals surface area contributed by atoms with Crippen LogP contribution in [0, 0.1) is 0 Å². The molecular formula is C22H25ClN2O4. The second-order valence-corrected chi connectivity index (χ2v) is 8.35. The van der Waals surface area contributed by atoms with Crippen molar-refractivity contribution >= 4 is 23.4 Å². The molecule has 0 aliphatic carbocycles. The van der Waals surface area contributed by atoms with Gasteiger partial charge in [0.1, 0.15) is 25.1 Å². The summed E-state index contributed by atoms with van der Waals surface area (Å²) in [4.78, 5) is 19.5. The van der Waals surface area contributed by atoms with Crippen LogP contribution < -0.4 is 14.4 Å². The van der Waals surface area contributed by atoms with Crippen molar-refractivity contribution in [1.82, 2.24) is 4.98 Å². The molecule has 2 aliphatic rings. The van der Waals surface area contributed by atoms with Crippen molar-refractivity contribution in [3.8, 4) is 11.5 Å². The van der Waals surface area contributed by atoms with Crippen molar-refractivity contribution in [2.24, 2.45) is 0 Å². The molecule has 0 saturated carbocycles. The van der Waals surface area contributed by atoms with Crippen molar-refractivity contribution in [2.45, 2.75) is 38.2 Å². The topological polar surface area (TPSA) is 60.9 Å². The molecule has 2 aromatic rings. The Labute approximate surface area is 175 Å². The fraction of sp³-hybridized carbons (Fsp3) is 0.455. The van der Waals surface area contributed by atoms with Gasteiger partial charge < -0.3 is 19.1 Å². The van der Waals surface area contributed by atoms with Crippen LogP contribution in [0.2, 0.25) is 5.02 Å². The summed E-state index contributed by atoms with van der Waals surface area (Å²) in [5, 5.41) is 0.624. The van der Waals surface area contributed by atoms with Gasteiger partial charge in [-0.3, -0.25) is 4.79 Å². The van der Waals surface area contributed by atoms with Gasteiger partial charge in [0.05, 0.1) is 10.4 Å². The number of halogens is 1. The number of anilines is 1. The van der Waals surface area contributed by atoms with Crippen molar-refractivity contribution in [1.29, 1.82) is 0 Å². The van der Waals surface area contributed by atoms with Gasteiger partial charge in [0.15, 0.2) is 11.5 Å². The highest BCUT2D eigenvalue weighted by Gasteiger charge is 2.35. The first-order chi connectivity index (χ1) is 13.9. The summed E-state index contributed by atoms with van der Waals surface area (Å²) >= 11 is 5.91. The molecule has 0 atom stereocenters. The molecule has 0 bridgehead atoms. The fourth-order valence-electron chi connectivity index (χ4n) is 3.61. The average molecular weight is 417 g/mol. The molecule has 3 heterocycles. The van der Waals surface area contributed by atoms with Crippen molar-refractivity contribution in [3.05, 3.63) is 47.1 Å². The lowest BCUT2D eigenvalue weighted by Gasteiger charge is -2.34. The second-order valence-electron chi connectivity index (χ2n) is 7.91. The Bertz CT molecular complexity index is 877. The largest absolute Gasteiger partial charge is 0.486 e. The number of pyridine rings is 1. The predicted octanol–water partition coefficient (Wildman–Crippen LogP) is 4.00. The van der Waals surface area contributed by atoms with Gasteiger partial charge >= 0.3 is 5.97 Å². The number of piperidine rings is 1. The summed E-state index contributed by atoms with van der Waals surface area (Å²) in [6.45, 7) is 6.40. The Morgan fingerprint density at radius 1 is 1.14 bits per heavy atom. The first-order valence-electron chi connectivity index (χ1n) is 9.91. The number of hydrogen-bond acceptors (Lipinski definition) is 6. The summed E-state index contributed by atoms with van der Waals surface area (Å²) in [7, 11) is 0. The van der Waals surface area contributed by atoms with Crippen molar-refractivity contribution in [2.75, 3.05) is 31.2 Å². The van der Waals surface area contributed by atoms with Gasteiger partial charge in [-0.1, -0.05) is 17.7 Å². The van der Waals surface area contributed by atoms with Gasteiger partial charge in [0.2, 0.25) is 0 Å². The number of ether oxygens (including phenoxy) is 3. The van der Waals surface area contributed by atoms with Crippen LogP contribution in [0.25, 0.3) is 0 Å². The first kappa shape index (κ1) is 19.8. The summed E-state index contributed by atoms with van der Waals surface area (Å²) in [5.41, 5.74) is 0.0830. The Morgan fingerprint density at radius 3 is 2.55 bits per heavy atom. The summed E-state index contributed by atoms with van der Waals surface area (Å²) in [6, 6.07) is 9.40. The molecule has 7 heteroatoms. The Balaban J connectivity index is 1.37. The van der Waals surface area contributed by atoms with Crippen LogP contribution in [0.3, 0.4) is 0 Å². The van der Waals surface area contributed by atoms with E-state index in [1.54, 1.807) is 6.20 Å². The van der Waals surface area contributed by atoms with Crippen LogP contribution in [-0.2, 0) is 14.9 Å². The van der Waals surface area contributed by atoms with E-state index in [4.69, 9.17) is 25.8 Å². The third kappa shape index (κ3) is 4.27. The van der Waals surface area contributed by atoms with E-state index < -0.39 is 5.41 Å². The van der Waals surface area contributed by atoms with E-state index in [2.05, 4.69) is 9.88 Å². The molecule has 0 radical (unpaired) electrons. The number of carbonyl (C=O) groups is 1. The van der Waals surface area contributed by atoms with E-state index in [0.29, 0.717) is 29.7 Å². The molecule has 0 amide bonds. The molecule has 1 saturated heterocycles. The number of esters is 1. The number of rotatable bonds is 4. The predicted molar refractivity (Wildman–Crippen MR) is 111 cm³/mol. The fourth-order valence-corrected chi connectivity index (χ4v) is 3.72. The third-order valence-corrected chi connectivity index (χ3v) is 5.75. The number of carbonyl (C=O) groups excluding carboxylic acids is 1. The van der Waals surface area contributed by atoms with Crippen LogP contribution in [-0.4, -0.2) is 43.4 Å². The molecule has 0 N–H and O–H groups in total. The lowest BCUT2D eigenvalue weighted by atomic mass is 9.84. The molecule has 0 unspecified atom stereocenters. The zero-order valence-corrected chi connectivity index (χ0v) is 17.4. The van der Waals surface area contributed by atoms with Crippen LogP contribution in [0.1, 0.15) is 32.3 Å². The van der Waals surface area contributed by atoms with Gasteiger partial charge in [-0.15, -0.1) is 0 Å². The van der Waals surface area contributed by atoms with Gasteiger partial charge in [0, 0.05) is 32.1 Å². The molecule has 4 rings (SSSR count). The van der Waals surface area contributed by atoms with Crippen LogP contribution in [0.15, 0.2) is 36.5 Å². The SMILES string of the molecule is CC(C)(C(=O)OC1CCN(c2ccc(Cl)cn2)CC1)c1ccc2c(c1)OCCO2. The highest BCUT2D eigenvalue weighted by atomic mass is 35.5. The minimum Gasteiger partial charge on any atom is -0.486 e. The van der Waals surface area contributed by atoms with Crippen LogP contribution in [0.5, 0.6) is 11.5 Å². The zero-order chi connectivity index (χ0) is 20.4. The Hall–Kier alpha value is -2.47. The molecule has 1 aromatic carbocycles. The smallest absolute Gasteiger partial charge is 0.316 e. The number of hydrogen-bond donors (Lipinski definition) is 0. The first-order valence-corrected chi connectivity index (χ1v) is 10.3. The lowest BCUT2D eigenvalue weighted by Crippen LogP contribution is -2.41. The maximum Gasteiger partial charge on any atom is 0.316 e.